The van der Waals surface area contributed by atoms with Gasteiger partial charge in [0, 0.05) is 5.38 Å². The normalized spacial score (nSPS) is 12.1. The van der Waals surface area contributed by atoms with E-state index in [0.29, 0.717) is 0 Å². The fourth-order valence-corrected chi connectivity index (χ4v) is 1.49. The van der Waals surface area contributed by atoms with Crippen molar-refractivity contribution in [3.63, 3.8) is 0 Å². The number of rotatable bonds is 3. The van der Waals surface area contributed by atoms with Crippen LogP contribution in [0.4, 0.5) is 9.93 Å². The molecule has 0 unspecified atom stereocenters. The van der Waals surface area contributed by atoms with Crippen molar-refractivity contribution in [3.8, 4) is 0 Å². The van der Waals surface area contributed by atoms with Gasteiger partial charge in [0.25, 0.3) is 0 Å². The Labute approximate surface area is 112 Å². The molecular formula is C10H13N3O5S. The predicted molar refractivity (Wildman–Crippen MR) is 68.0 cm³/mol. The summed E-state index contributed by atoms with van der Waals surface area (Å²) in [7, 11) is 0. The maximum atomic E-state index is 11.2. The quantitative estimate of drug-likeness (QED) is 0.373. The number of carboxylic acids is 1. The molecule has 9 heteroatoms. The molecule has 0 radical (unpaired) electrons. The number of carboxylic acid groups (broad SMARTS) is 1. The predicted octanol–water partition coefficient (Wildman–Crippen LogP) is 1.47. The molecule has 0 aromatic carbocycles. The van der Waals surface area contributed by atoms with Gasteiger partial charge in [-0.1, -0.05) is 5.16 Å². The van der Waals surface area contributed by atoms with Gasteiger partial charge in [-0.2, -0.15) is 0 Å². The Morgan fingerprint density at radius 3 is 2.53 bits per heavy atom. The van der Waals surface area contributed by atoms with Crippen LogP contribution in [0.3, 0.4) is 0 Å². The summed E-state index contributed by atoms with van der Waals surface area (Å²) in [5.74, 6) is -1.39. The van der Waals surface area contributed by atoms with E-state index in [1.165, 1.54) is 5.38 Å². The molecule has 19 heavy (non-hydrogen) atoms. The minimum absolute atomic E-state index is 0.0126. The Morgan fingerprint density at radius 2 is 2.11 bits per heavy atom. The minimum Gasteiger partial charge on any atom is -0.476 e. The average Bonchev–Trinajstić information content (AvgIpc) is 2.61. The monoisotopic (exact) mass is 287 g/mol. The third kappa shape index (κ3) is 4.92. The first-order chi connectivity index (χ1) is 8.69. The molecule has 0 saturated carbocycles. The summed E-state index contributed by atoms with van der Waals surface area (Å²) in [6, 6.07) is 0. The van der Waals surface area contributed by atoms with E-state index in [1.807, 2.05) is 0 Å². The molecule has 0 aliphatic rings. The maximum Gasteiger partial charge on any atom is 0.535 e. The number of hydrogen-bond acceptors (Lipinski definition) is 8. The lowest BCUT2D eigenvalue weighted by molar-refractivity contribution is -0.129. The second-order valence-electron chi connectivity index (χ2n) is 4.37. The van der Waals surface area contributed by atoms with Crippen LogP contribution < -0.4 is 5.73 Å². The lowest BCUT2D eigenvalue weighted by Gasteiger charge is -2.17. The Morgan fingerprint density at radius 1 is 1.47 bits per heavy atom. The molecule has 8 nitrogen and oxygen atoms in total. The van der Waals surface area contributed by atoms with Crippen molar-refractivity contribution in [1.29, 1.82) is 0 Å². The summed E-state index contributed by atoms with van der Waals surface area (Å²) in [5.41, 5.74) is 4.10. The number of anilines is 1. The first-order valence-electron chi connectivity index (χ1n) is 5.11. The van der Waals surface area contributed by atoms with Crippen LogP contribution in [0.1, 0.15) is 26.5 Å². The van der Waals surface area contributed by atoms with Crippen molar-refractivity contribution >= 4 is 34.3 Å². The van der Waals surface area contributed by atoms with E-state index in [1.54, 1.807) is 20.8 Å². The van der Waals surface area contributed by atoms with Crippen molar-refractivity contribution in [2.45, 2.75) is 26.4 Å². The summed E-state index contributed by atoms with van der Waals surface area (Å²) < 4.78 is 4.81. The molecule has 1 aromatic heterocycles. The second-order valence-corrected chi connectivity index (χ2v) is 5.26. The number of carbonyl (C=O) groups is 2. The van der Waals surface area contributed by atoms with Crippen LogP contribution in [0, 0.1) is 0 Å². The SMILES string of the molecule is CC(C)(C)OC(=O)ON=C(C(=O)O)c1csc(N)n1. The lowest BCUT2D eigenvalue weighted by Crippen LogP contribution is -2.24. The van der Waals surface area contributed by atoms with Crippen molar-refractivity contribution in [2.24, 2.45) is 5.16 Å². The van der Waals surface area contributed by atoms with Crippen molar-refractivity contribution in [3.05, 3.63) is 11.1 Å². The number of aromatic nitrogens is 1. The Balaban J connectivity index is 2.81. The molecule has 3 N–H and O–H groups in total. The van der Waals surface area contributed by atoms with Gasteiger partial charge in [0.05, 0.1) is 0 Å². The van der Waals surface area contributed by atoms with E-state index in [4.69, 9.17) is 15.6 Å². The fraction of sp³-hybridized carbons (Fsp3) is 0.400. The molecule has 0 aliphatic carbocycles. The number of aliphatic carboxylic acids is 1. The number of nitrogen functional groups attached to an aromatic ring is 1. The molecular weight excluding hydrogens is 274 g/mol. The summed E-state index contributed by atoms with van der Waals surface area (Å²) in [6.07, 6.45) is -1.10. The highest BCUT2D eigenvalue weighted by Crippen LogP contribution is 2.13. The van der Waals surface area contributed by atoms with Gasteiger partial charge in [-0.25, -0.2) is 14.6 Å². The van der Waals surface area contributed by atoms with Crippen molar-refractivity contribution in [1.82, 2.24) is 4.98 Å². The zero-order valence-electron chi connectivity index (χ0n) is 10.5. The highest BCUT2D eigenvalue weighted by Gasteiger charge is 2.21. The summed E-state index contributed by atoms with van der Waals surface area (Å²) in [4.78, 5) is 30.3. The fourth-order valence-electron chi connectivity index (χ4n) is 0.943. The highest BCUT2D eigenvalue weighted by atomic mass is 32.1. The molecule has 0 atom stereocenters. The number of oxime groups is 1. The topological polar surface area (TPSA) is 124 Å². The van der Waals surface area contributed by atoms with E-state index in [9.17, 15) is 9.59 Å². The number of carbonyl (C=O) groups excluding carboxylic acids is 1. The Bertz CT molecular complexity index is 517. The third-order valence-corrected chi connectivity index (χ3v) is 2.24. The molecule has 0 aliphatic heterocycles. The molecule has 1 rings (SSSR count). The van der Waals surface area contributed by atoms with Crippen molar-refractivity contribution < 1.29 is 24.3 Å². The molecule has 0 bridgehead atoms. The van der Waals surface area contributed by atoms with Crippen LogP contribution in [0.25, 0.3) is 0 Å². The van der Waals surface area contributed by atoms with E-state index in [2.05, 4.69) is 15.0 Å². The Hall–Kier alpha value is -2.16. The smallest absolute Gasteiger partial charge is 0.476 e. The average molecular weight is 287 g/mol. The molecule has 1 aromatic rings. The van der Waals surface area contributed by atoms with E-state index in [0.717, 1.165) is 11.3 Å². The maximum absolute atomic E-state index is 11.2. The van der Waals surface area contributed by atoms with Gasteiger partial charge in [0.2, 0.25) is 5.71 Å². The van der Waals surface area contributed by atoms with Gasteiger partial charge < -0.3 is 15.6 Å². The van der Waals surface area contributed by atoms with Gasteiger partial charge in [-0.3, -0.25) is 4.84 Å². The van der Waals surface area contributed by atoms with Crippen molar-refractivity contribution in [2.75, 3.05) is 5.73 Å². The van der Waals surface area contributed by atoms with Gasteiger partial charge >= 0.3 is 12.1 Å². The standard InChI is InChI=1S/C10H13N3O5S/c1-10(2,3)17-9(16)18-13-6(7(14)15)5-4-19-8(11)12-5/h4H,1-3H3,(H2,11,12)(H,14,15). The lowest BCUT2D eigenvalue weighted by atomic mass is 10.2. The van der Waals surface area contributed by atoms with Crippen LogP contribution in [0.15, 0.2) is 10.5 Å². The number of hydrogen-bond donors (Lipinski definition) is 2. The highest BCUT2D eigenvalue weighted by molar-refractivity contribution is 7.13. The van der Waals surface area contributed by atoms with Crippen LogP contribution in [-0.2, 0) is 14.4 Å². The van der Waals surface area contributed by atoms with E-state index < -0.39 is 23.4 Å². The third-order valence-electron chi connectivity index (χ3n) is 1.57. The molecule has 104 valence electrons. The Kier molecular flexibility index (Phi) is 4.43. The summed E-state index contributed by atoms with van der Waals surface area (Å²) >= 11 is 1.05. The summed E-state index contributed by atoms with van der Waals surface area (Å²) in [6.45, 7) is 4.91. The summed E-state index contributed by atoms with van der Waals surface area (Å²) in [5, 5.41) is 13.7. The van der Waals surface area contributed by atoms with Gasteiger partial charge in [-0.15, -0.1) is 11.3 Å². The second kappa shape index (κ2) is 5.65. The van der Waals surface area contributed by atoms with E-state index in [-0.39, 0.29) is 10.8 Å². The zero-order chi connectivity index (χ0) is 14.6. The molecule has 0 saturated heterocycles. The van der Waals surface area contributed by atoms with Gasteiger partial charge in [0.15, 0.2) is 5.13 Å². The number of nitrogens with two attached hydrogens (primary N) is 1. The minimum atomic E-state index is -1.39. The molecule has 1 heterocycles. The first-order valence-corrected chi connectivity index (χ1v) is 5.99. The number of ether oxygens (including phenoxy) is 1. The zero-order valence-corrected chi connectivity index (χ0v) is 11.4. The van der Waals surface area contributed by atoms with Gasteiger partial charge in [-0.05, 0) is 20.8 Å². The molecule has 0 fully saturated rings. The van der Waals surface area contributed by atoms with Crippen LogP contribution in [-0.4, -0.2) is 33.5 Å². The molecule has 0 spiro atoms. The largest absolute Gasteiger partial charge is 0.535 e. The van der Waals surface area contributed by atoms with Crippen LogP contribution in [0.5, 0.6) is 0 Å². The van der Waals surface area contributed by atoms with Gasteiger partial charge in [0.1, 0.15) is 11.3 Å². The molecule has 0 amide bonds. The number of nitrogens with zero attached hydrogens (tertiary/aromatic N) is 2. The van der Waals surface area contributed by atoms with E-state index >= 15 is 0 Å². The van der Waals surface area contributed by atoms with Crippen LogP contribution in [0.2, 0.25) is 0 Å². The first kappa shape index (κ1) is 14.9. The van der Waals surface area contributed by atoms with Crippen LogP contribution >= 0.6 is 11.3 Å². The number of thiazole rings is 1.